The minimum Gasteiger partial charge on any atom is -0.350 e. The lowest BCUT2D eigenvalue weighted by Gasteiger charge is -2.29. The first-order chi connectivity index (χ1) is 11.6. The van der Waals surface area contributed by atoms with Crippen LogP contribution in [0.4, 0.5) is 5.69 Å². The number of nitrogens with zero attached hydrogens (tertiary/aromatic N) is 2. The number of para-hydroxylation sites is 1. The zero-order chi connectivity index (χ0) is 17.1. The molecular formula is C19H21N3O2. The van der Waals surface area contributed by atoms with Crippen molar-refractivity contribution >= 4 is 17.5 Å². The van der Waals surface area contributed by atoms with Crippen LogP contribution in [0.1, 0.15) is 46.5 Å². The van der Waals surface area contributed by atoms with Crippen molar-refractivity contribution in [1.82, 2.24) is 10.3 Å². The lowest BCUT2D eigenvalue weighted by molar-refractivity contribution is 0.0942. The summed E-state index contributed by atoms with van der Waals surface area (Å²) in [6, 6.07) is 9.60. The summed E-state index contributed by atoms with van der Waals surface area (Å²) in [5.74, 6) is -0.333. The number of nitrogens with one attached hydrogen (secondary N) is 1. The first-order valence-electron chi connectivity index (χ1n) is 8.22. The van der Waals surface area contributed by atoms with E-state index >= 15 is 0 Å². The molecular weight excluding hydrogens is 302 g/mol. The molecule has 2 amide bonds. The predicted molar refractivity (Wildman–Crippen MR) is 93.3 cm³/mol. The Bertz CT molecular complexity index is 771. The van der Waals surface area contributed by atoms with Gasteiger partial charge in [0, 0.05) is 30.7 Å². The number of rotatable bonds is 3. The Balaban J connectivity index is 1.88. The van der Waals surface area contributed by atoms with Gasteiger partial charge < -0.3 is 10.2 Å². The molecule has 2 aromatic rings. The number of amides is 2. The molecule has 1 aliphatic heterocycles. The maximum atomic E-state index is 12.9. The first-order valence-corrected chi connectivity index (χ1v) is 8.22. The molecule has 2 heterocycles. The van der Waals surface area contributed by atoms with Gasteiger partial charge in [-0.3, -0.25) is 14.6 Å². The van der Waals surface area contributed by atoms with Crippen LogP contribution >= 0.6 is 0 Å². The summed E-state index contributed by atoms with van der Waals surface area (Å²) in [6.45, 7) is 4.47. The van der Waals surface area contributed by atoms with Gasteiger partial charge in [-0.05, 0) is 44.4 Å². The SMILES string of the molecule is CC(C)NC(=O)c1cncc(C(=O)N2CCCc3ccccc32)c1. The van der Waals surface area contributed by atoms with Gasteiger partial charge >= 0.3 is 0 Å². The molecule has 1 aliphatic rings. The van der Waals surface area contributed by atoms with Gasteiger partial charge in [0.1, 0.15) is 0 Å². The van der Waals surface area contributed by atoms with Crippen molar-refractivity contribution in [3.8, 4) is 0 Å². The van der Waals surface area contributed by atoms with Crippen LogP contribution in [0.5, 0.6) is 0 Å². The minimum atomic E-state index is -0.216. The molecule has 0 unspecified atom stereocenters. The summed E-state index contributed by atoms with van der Waals surface area (Å²) in [5, 5.41) is 2.82. The van der Waals surface area contributed by atoms with E-state index < -0.39 is 0 Å². The largest absolute Gasteiger partial charge is 0.350 e. The molecule has 1 aromatic carbocycles. The average Bonchev–Trinajstić information content (AvgIpc) is 2.60. The van der Waals surface area contributed by atoms with Crippen LogP contribution < -0.4 is 10.2 Å². The zero-order valence-corrected chi connectivity index (χ0v) is 14.0. The third kappa shape index (κ3) is 3.30. The standard InChI is InChI=1S/C19H21N3O2/c1-13(2)21-18(23)15-10-16(12-20-11-15)19(24)22-9-5-7-14-6-3-4-8-17(14)22/h3-4,6,8,10-13H,5,7,9H2,1-2H3,(H,21,23). The van der Waals surface area contributed by atoms with Crippen LogP contribution in [0, 0.1) is 0 Å². The minimum absolute atomic E-state index is 0.0332. The maximum Gasteiger partial charge on any atom is 0.259 e. The number of carbonyl (C=O) groups excluding carboxylic acids is 2. The number of hydrogen-bond acceptors (Lipinski definition) is 3. The molecule has 0 fully saturated rings. The lowest BCUT2D eigenvalue weighted by Crippen LogP contribution is -2.36. The molecule has 3 rings (SSSR count). The second-order valence-corrected chi connectivity index (χ2v) is 6.28. The Kier molecular flexibility index (Phi) is 4.60. The van der Waals surface area contributed by atoms with Gasteiger partial charge in [-0.1, -0.05) is 18.2 Å². The summed E-state index contributed by atoms with van der Waals surface area (Å²) < 4.78 is 0. The van der Waals surface area contributed by atoms with Gasteiger partial charge in [-0.25, -0.2) is 0 Å². The van der Waals surface area contributed by atoms with Gasteiger partial charge in [-0.2, -0.15) is 0 Å². The van der Waals surface area contributed by atoms with Crippen LogP contribution in [0.15, 0.2) is 42.7 Å². The predicted octanol–water partition coefficient (Wildman–Crippen LogP) is 2.81. The lowest BCUT2D eigenvalue weighted by atomic mass is 10.0. The fourth-order valence-corrected chi connectivity index (χ4v) is 2.93. The number of benzene rings is 1. The maximum absolute atomic E-state index is 12.9. The molecule has 0 saturated carbocycles. The second-order valence-electron chi connectivity index (χ2n) is 6.28. The Hall–Kier alpha value is -2.69. The number of anilines is 1. The van der Waals surface area contributed by atoms with Crippen molar-refractivity contribution in [1.29, 1.82) is 0 Å². The number of hydrogen-bond donors (Lipinski definition) is 1. The summed E-state index contributed by atoms with van der Waals surface area (Å²) in [6.07, 6.45) is 4.92. The Morgan fingerprint density at radius 1 is 1.17 bits per heavy atom. The fourth-order valence-electron chi connectivity index (χ4n) is 2.93. The normalized spacial score (nSPS) is 13.5. The molecule has 0 bridgehead atoms. The van der Waals surface area contributed by atoms with E-state index in [-0.39, 0.29) is 17.9 Å². The monoisotopic (exact) mass is 323 g/mol. The third-order valence-corrected chi connectivity index (χ3v) is 4.02. The molecule has 1 aromatic heterocycles. The Morgan fingerprint density at radius 3 is 2.71 bits per heavy atom. The van der Waals surface area contributed by atoms with E-state index in [1.54, 1.807) is 11.0 Å². The molecule has 5 nitrogen and oxygen atoms in total. The Morgan fingerprint density at radius 2 is 1.92 bits per heavy atom. The van der Waals surface area contributed by atoms with Crippen molar-refractivity contribution in [2.45, 2.75) is 32.7 Å². The number of pyridine rings is 1. The molecule has 0 spiro atoms. The van der Waals surface area contributed by atoms with Crippen molar-refractivity contribution in [3.63, 3.8) is 0 Å². The van der Waals surface area contributed by atoms with E-state index in [1.807, 2.05) is 32.0 Å². The van der Waals surface area contributed by atoms with Crippen molar-refractivity contribution < 1.29 is 9.59 Å². The number of aromatic nitrogens is 1. The van der Waals surface area contributed by atoms with Gasteiger partial charge in [0.2, 0.25) is 0 Å². The topological polar surface area (TPSA) is 62.3 Å². The van der Waals surface area contributed by atoms with Crippen LogP contribution in [0.25, 0.3) is 0 Å². The molecule has 24 heavy (non-hydrogen) atoms. The van der Waals surface area contributed by atoms with Crippen molar-refractivity contribution in [2.24, 2.45) is 0 Å². The van der Waals surface area contributed by atoms with Gasteiger partial charge in [0.25, 0.3) is 11.8 Å². The van der Waals surface area contributed by atoms with Crippen LogP contribution in [0.2, 0.25) is 0 Å². The van der Waals surface area contributed by atoms with E-state index in [0.717, 1.165) is 18.5 Å². The second kappa shape index (κ2) is 6.83. The molecule has 0 atom stereocenters. The number of carbonyl (C=O) groups is 2. The van der Waals surface area contributed by atoms with Gasteiger partial charge in [0.15, 0.2) is 0 Å². The highest BCUT2D eigenvalue weighted by atomic mass is 16.2. The smallest absolute Gasteiger partial charge is 0.259 e. The van der Waals surface area contributed by atoms with Crippen LogP contribution in [0.3, 0.4) is 0 Å². The van der Waals surface area contributed by atoms with Crippen molar-refractivity contribution in [3.05, 3.63) is 59.4 Å². The summed E-state index contributed by atoms with van der Waals surface area (Å²) in [4.78, 5) is 30.9. The van der Waals surface area contributed by atoms with E-state index in [2.05, 4.69) is 16.4 Å². The molecule has 0 radical (unpaired) electrons. The summed E-state index contributed by atoms with van der Waals surface area (Å²) in [5.41, 5.74) is 2.97. The van der Waals surface area contributed by atoms with Crippen LogP contribution in [-0.4, -0.2) is 29.4 Å². The summed E-state index contributed by atoms with van der Waals surface area (Å²) in [7, 11) is 0. The first kappa shape index (κ1) is 16.2. The fraction of sp³-hybridized carbons (Fsp3) is 0.316. The highest BCUT2D eigenvalue weighted by Crippen LogP contribution is 2.28. The van der Waals surface area contributed by atoms with Crippen molar-refractivity contribution in [2.75, 3.05) is 11.4 Å². The third-order valence-electron chi connectivity index (χ3n) is 4.02. The van der Waals surface area contributed by atoms with E-state index in [0.29, 0.717) is 17.7 Å². The molecule has 1 N–H and O–H groups in total. The molecule has 0 aliphatic carbocycles. The van der Waals surface area contributed by atoms with E-state index in [9.17, 15) is 9.59 Å². The summed E-state index contributed by atoms with van der Waals surface area (Å²) >= 11 is 0. The molecule has 124 valence electrons. The van der Waals surface area contributed by atoms with Gasteiger partial charge in [-0.15, -0.1) is 0 Å². The highest BCUT2D eigenvalue weighted by Gasteiger charge is 2.24. The zero-order valence-electron chi connectivity index (χ0n) is 14.0. The average molecular weight is 323 g/mol. The Labute approximate surface area is 141 Å². The quantitative estimate of drug-likeness (QED) is 0.945. The molecule has 5 heteroatoms. The highest BCUT2D eigenvalue weighted by molar-refractivity contribution is 6.08. The van der Waals surface area contributed by atoms with Crippen LogP contribution in [-0.2, 0) is 6.42 Å². The number of aryl methyl sites for hydroxylation is 1. The van der Waals surface area contributed by atoms with E-state index in [1.165, 1.54) is 18.0 Å². The van der Waals surface area contributed by atoms with E-state index in [4.69, 9.17) is 0 Å². The molecule has 0 saturated heterocycles. The number of fused-ring (bicyclic) bond motifs is 1. The van der Waals surface area contributed by atoms with Gasteiger partial charge in [0.05, 0.1) is 11.1 Å².